The molecule has 0 aromatic heterocycles. The molecule has 54 valence electrons. The van der Waals surface area contributed by atoms with Crippen molar-refractivity contribution >= 4 is 11.4 Å². The third-order valence-corrected chi connectivity index (χ3v) is 1.73. The Morgan fingerprint density at radius 3 is 3.00 bits per heavy atom. The number of benzene rings is 1. The fourth-order valence-corrected chi connectivity index (χ4v) is 1.19. The number of rotatable bonds is 0. The second-order valence-electron chi connectivity index (χ2n) is 2.58. The Morgan fingerprint density at radius 2 is 2.10 bits per heavy atom. The maximum absolute atomic E-state index is 3.23. The van der Waals surface area contributed by atoms with Gasteiger partial charge in [-0.25, -0.2) is 0 Å². The van der Waals surface area contributed by atoms with E-state index in [0.29, 0.717) is 0 Å². The molecule has 1 heterocycles. The zero-order valence-electron chi connectivity index (χ0n) is 5.94. The fraction of sp³-hybridized carbons (Fsp3) is 0.250. The van der Waals surface area contributed by atoms with Gasteiger partial charge in [-0.3, -0.25) is 0 Å². The summed E-state index contributed by atoms with van der Waals surface area (Å²) in [5, 5.41) is 6.45. The van der Waals surface area contributed by atoms with Crippen LogP contribution in [0.5, 0.6) is 0 Å². The molecule has 0 atom stereocenters. The minimum Gasteiger partial charge on any atom is -0.366 e. The van der Waals surface area contributed by atoms with Crippen LogP contribution in [-0.4, -0.2) is 6.67 Å². The molecule has 0 fully saturated rings. The van der Waals surface area contributed by atoms with E-state index in [9.17, 15) is 0 Å². The number of hydrogen-bond donors (Lipinski definition) is 2. The van der Waals surface area contributed by atoms with Crippen molar-refractivity contribution in [2.75, 3.05) is 17.3 Å². The summed E-state index contributed by atoms with van der Waals surface area (Å²) < 4.78 is 0. The molecule has 0 bridgehead atoms. The number of fused-ring (bicyclic) bond motifs is 1. The molecule has 2 heteroatoms. The predicted molar refractivity (Wildman–Crippen MR) is 45.4 cm³/mol. The predicted octanol–water partition coefficient (Wildman–Crippen LogP) is 2.04. The minimum atomic E-state index is 0. The highest BCUT2D eigenvalue weighted by atomic mass is 15.1. The van der Waals surface area contributed by atoms with Crippen molar-refractivity contribution in [1.82, 2.24) is 0 Å². The molecular weight excluding hydrogens is 124 g/mol. The molecule has 2 rings (SSSR count). The zero-order valence-corrected chi connectivity index (χ0v) is 5.94. The smallest absolute Gasteiger partial charge is 0.0850 e. The normalized spacial score (nSPS) is 13.7. The molecule has 1 aromatic carbocycles. The highest BCUT2D eigenvalue weighted by Gasteiger charge is 2.06. The van der Waals surface area contributed by atoms with E-state index in [-0.39, 0.29) is 1.43 Å². The highest BCUT2D eigenvalue weighted by Crippen LogP contribution is 2.26. The largest absolute Gasteiger partial charge is 0.366 e. The SMILES string of the molecule is Cc1ccc2c(c1)NCN2.[HH]. The van der Waals surface area contributed by atoms with E-state index in [1.807, 2.05) is 0 Å². The zero-order chi connectivity index (χ0) is 6.97. The summed E-state index contributed by atoms with van der Waals surface area (Å²) in [5.74, 6) is 0. The van der Waals surface area contributed by atoms with Gasteiger partial charge in [-0.2, -0.15) is 0 Å². The first-order chi connectivity index (χ1) is 4.86. The Labute approximate surface area is 61.7 Å². The number of aryl methyl sites for hydroxylation is 1. The molecule has 2 nitrogen and oxygen atoms in total. The van der Waals surface area contributed by atoms with Gasteiger partial charge in [0.1, 0.15) is 0 Å². The van der Waals surface area contributed by atoms with E-state index in [4.69, 9.17) is 0 Å². The van der Waals surface area contributed by atoms with Gasteiger partial charge in [-0.15, -0.1) is 0 Å². The first-order valence-corrected chi connectivity index (χ1v) is 3.45. The topological polar surface area (TPSA) is 24.1 Å². The van der Waals surface area contributed by atoms with Crippen LogP contribution in [0, 0.1) is 6.92 Å². The van der Waals surface area contributed by atoms with Crippen molar-refractivity contribution in [3.63, 3.8) is 0 Å². The van der Waals surface area contributed by atoms with Crippen LogP contribution in [0.4, 0.5) is 11.4 Å². The molecule has 1 aliphatic heterocycles. The summed E-state index contributed by atoms with van der Waals surface area (Å²) in [4.78, 5) is 0. The maximum atomic E-state index is 3.23. The summed E-state index contributed by atoms with van der Waals surface area (Å²) in [6, 6.07) is 6.36. The summed E-state index contributed by atoms with van der Waals surface area (Å²) in [5.41, 5.74) is 3.74. The van der Waals surface area contributed by atoms with Crippen LogP contribution >= 0.6 is 0 Å². The Kier molecular flexibility index (Phi) is 1.07. The standard InChI is InChI=1S/C8H10N2.H2/c1-6-2-3-7-8(4-6)10-5-9-7;/h2-4,9-10H,5H2,1H3;1H. The maximum Gasteiger partial charge on any atom is 0.0850 e. The van der Waals surface area contributed by atoms with Crippen molar-refractivity contribution in [2.24, 2.45) is 0 Å². The molecule has 0 saturated carbocycles. The third kappa shape index (κ3) is 0.727. The molecule has 2 N–H and O–H groups in total. The van der Waals surface area contributed by atoms with Gasteiger partial charge in [0.25, 0.3) is 0 Å². The summed E-state index contributed by atoms with van der Waals surface area (Å²) in [6.07, 6.45) is 0. The monoisotopic (exact) mass is 136 g/mol. The second kappa shape index (κ2) is 1.90. The van der Waals surface area contributed by atoms with Gasteiger partial charge in [0.15, 0.2) is 0 Å². The summed E-state index contributed by atoms with van der Waals surface area (Å²) in [6.45, 7) is 2.96. The lowest BCUT2D eigenvalue weighted by Crippen LogP contribution is -1.98. The van der Waals surface area contributed by atoms with Crippen LogP contribution in [0.3, 0.4) is 0 Å². The van der Waals surface area contributed by atoms with Gasteiger partial charge >= 0.3 is 0 Å². The first-order valence-electron chi connectivity index (χ1n) is 3.45. The highest BCUT2D eigenvalue weighted by molar-refractivity contribution is 5.73. The van der Waals surface area contributed by atoms with Crippen molar-refractivity contribution < 1.29 is 1.43 Å². The molecule has 10 heavy (non-hydrogen) atoms. The molecule has 0 spiro atoms. The Balaban J connectivity index is 0.000000605. The molecule has 0 radical (unpaired) electrons. The van der Waals surface area contributed by atoms with Gasteiger partial charge in [0.2, 0.25) is 0 Å². The minimum absolute atomic E-state index is 0. The lowest BCUT2D eigenvalue weighted by molar-refractivity contribution is 1.31. The van der Waals surface area contributed by atoms with Crippen LogP contribution in [0.15, 0.2) is 18.2 Å². The Morgan fingerprint density at radius 1 is 1.30 bits per heavy atom. The van der Waals surface area contributed by atoms with E-state index < -0.39 is 0 Å². The molecule has 0 amide bonds. The molecule has 0 unspecified atom stereocenters. The average molecular weight is 136 g/mol. The first kappa shape index (κ1) is 5.59. The van der Waals surface area contributed by atoms with Crippen LogP contribution < -0.4 is 10.6 Å². The van der Waals surface area contributed by atoms with E-state index >= 15 is 0 Å². The van der Waals surface area contributed by atoms with E-state index in [1.54, 1.807) is 0 Å². The van der Waals surface area contributed by atoms with Crippen LogP contribution in [0.2, 0.25) is 0 Å². The fourth-order valence-electron chi connectivity index (χ4n) is 1.19. The van der Waals surface area contributed by atoms with Gasteiger partial charge in [0.05, 0.1) is 18.0 Å². The van der Waals surface area contributed by atoms with Crippen molar-refractivity contribution in [1.29, 1.82) is 0 Å². The lowest BCUT2D eigenvalue weighted by atomic mass is 10.2. The number of anilines is 2. The second-order valence-corrected chi connectivity index (χ2v) is 2.58. The van der Waals surface area contributed by atoms with Crippen molar-refractivity contribution in [2.45, 2.75) is 6.92 Å². The van der Waals surface area contributed by atoms with Crippen molar-refractivity contribution in [3.8, 4) is 0 Å². The summed E-state index contributed by atoms with van der Waals surface area (Å²) in [7, 11) is 0. The summed E-state index contributed by atoms with van der Waals surface area (Å²) >= 11 is 0. The number of nitrogens with one attached hydrogen (secondary N) is 2. The molecule has 1 aliphatic rings. The third-order valence-electron chi connectivity index (χ3n) is 1.73. The van der Waals surface area contributed by atoms with E-state index in [0.717, 1.165) is 6.67 Å². The van der Waals surface area contributed by atoms with Gasteiger partial charge in [-0.05, 0) is 24.6 Å². The molecular formula is C8H12N2. The van der Waals surface area contributed by atoms with Crippen molar-refractivity contribution in [3.05, 3.63) is 23.8 Å². The van der Waals surface area contributed by atoms with Crippen LogP contribution in [-0.2, 0) is 0 Å². The average Bonchev–Trinajstić information content (AvgIpc) is 2.33. The molecule has 1 aromatic rings. The lowest BCUT2D eigenvalue weighted by Gasteiger charge is -1.97. The van der Waals surface area contributed by atoms with Gasteiger partial charge in [0, 0.05) is 1.43 Å². The quantitative estimate of drug-likeness (QED) is 0.570. The van der Waals surface area contributed by atoms with Crippen LogP contribution in [0.1, 0.15) is 6.99 Å². The molecule has 0 aliphatic carbocycles. The Bertz CT molecular complexity index is 260. The van der Waals surface area contributed by atoms with E-state index in [1.165, 1.54) is 16.9 Å². The van der Waals surface area contributed by atoms with Gasteiger partial charge in [-0.1, -0.05) is 6.07 Å². The van der Waals surface area contributed by atoms with Crippen LogP contribution in [0.25, 0.3) is 0 Å². The van der Waals surface area contributed by atoms with E-state index in [2.05, 4.69) is 35.8 Å². The van der Waals surface area contributed by atoms with Gasteiger partial charge < -0.3 is 10.6 Å². The Hall–Kier alpha value is -1.18. The number of hydrogen-bond acceptors (Lipinski definition) is 2. The molecule has 0 saturated heterocycles.